The molecular weight excluding hydrogens is 394 g/mol. The number of anilines is 2. The van der Waals surface area contributed by atoms with E-state index in [0.717, 1.165) is 25.6 Å². The van der Waals surface area contributed by atoms with Crippen LogP contribution < -0.4 is 20.5 Å². The molecule has 3 aromatic rings. The van der Waals surface area contributed by atoms with Gasteiger partial charge in [0, 0.05) is 30.2 Å². The van der Waals surface area contributed by atoms with Crippen LogP contribution in [0, 0.1) is 11.6 Å². The van der Waals surface area contributed by atoms with E-state index < -0.39 is 11.6 Å². The van der Waals surface area contributed by atoms with Crippen LogP contribution in [0.5, 0.6) is 11.5 Å². The number of rotatable bonds is 5. The average molecular weight is 416 g/mol. The number of benzene rings is 1. The quantitative estimate of drug-likeness (QED) is 0.655. The van der Waals surface area contributed by atoms with Crippen LogP contribution in [-0.4, -0.2) is 60.3 Å². The number of nitrogens with zero attached hydrogens (tertiary/aromatic N) is 4. The van der Waals surface area contributed by atoms with Crippen LogP contribution in [0.25, 0.3) is 22.2 Å². The maximum Gasteiger partial charge on any atom is 0.220 e. The molecule has 0 bridgehead atoms. The van der Waals surface area contributed by atoms with Gasteiger partial charge in [0.25, 0.3) is 0 Å². The zero-order chi connectivity index (χ0) is 21.4. The van der Waals surface area contributed by atoms with Gasteiger partial charge in [-0.25, -0.2) is 23.7 Å². The fraction of sp³-hybridized carbons (Fsp3) is 0.350. The molecule has 1 aliphatic rings. The SMILES string of the molecule is COc1cc(OC)c(F)c(-c2cc3cnc(N)nc3c(NC3CCN(C)C3)n2)c1F. The largest absolute Gasteiger partial charge is 0.494 e. The number of pyridine rings is 1. The van der Waals surface area contributed by atoms with E-state index in [9.17, 15) is 0 Å². The van der Waals surface area contributed by atoms with Gasteiger partial charge in [-0.3, -0.25) is 0 Å². The third-order valence-corrected chi connectivity index (χ3v) is 5.15. The van der Waals surface area contributed by atoms with Crippen molar-refractivity contribution in [2.45, 2.75) is 12.5 Å². The lowest BCUT2D eigenvalue weighted by molar-refractivity contribution is 0.359. The molecule has 0 aliphatic carbocycles. The molecule has 10 heteroatoms. The molecule has 0 amide bonds. The average Bonchev–Trinajstić information content (AvgIpc) is 3.13. The van der Waals surface area contributed by atoms with E-state index in [0.29, 0.717) is 16.7 Å². The predicted octanol–water partition coefficient (Wildman–Crippen LogP) is 2.69. The summed E-state index contributed by atoms with van der Waals surface area (Å²) in [5.74, 6) is -1.56. The Morgan fingerprint density at radius 3 is 2.43 bits per heavy atom. The van der Waals surface area contributed by atoms with Crippen molar-refractivity contribution in [2.75, 3.05) is 45.4 Å². The molecule has 1 aliphatic heterocycles. The third kappa shape index (κ3) is 3.54. The Balaban J connectivity index is 1.91. The first-order valence-corrected chi connectivity index (χ1v) is 9.40. The summed E-state index contributed by atoms with van der Waals surface area (Å²) in [6.07, 6.45) is 2.40. The van der Waals surface area contributed by atoms with Crippen molar-refractivity contribution in [1.82, 2.24) is 19.9 Å². The minimum Gasteiger partial charge on any atom is -0.494 e. The summed E-state index contributed by atoms with van der Waals surface area (Å²) in [6.45, 7) is 1.74. The smallest absolute Gasteiger partial charge is 0.220 e. The summed E-state index contributed by atoms with van der Waals surface area (Å²) in [5.41, 5.74) is 5.96. The number of ether oxygens (including phenoxy) is 2. The number of nitrogen functional groups attached to an aromatic ring is 1. The standard InChI is InChI=1S/C20H22F2N6O2/c1-28-5-4-11(9-28)25-19-18-10(8-24-20(23)27-18)6-12(26-19)15-16(21)13(29-2)7-14(30-3)17(15)22/h6-8,11H,4-5,9H2,1-3H3,(H,25,26)(H2,23,24,27). The first-order valence-electron chi connectivity index (χ1n) is 9.40. The summed E-state index contributed by atoms with van der Waals surface area (Å²) in [7, 11) is 4.62. The second-order valence-corrected chi connectivity index (χ2v) is 7.20. The minimum absolute atomic E-state index is 0.0666. The Morgan fingerprint density at radius 1 is 1.13 bits per heavy atom. The van der Waals surface area contributed by atoms with Crippen LogP contribution in [-0.2, 0) is 0 Å². The normalized spacial score (nSPS) is 16.8. The molecule has 30 heavy (non-hydrogen) atoms. The van der Waals surface area contributed by atoms with Crippen LogP contribution in [0.4, 0.5) is 20.5 Å². The molecule has 1 unspecified atom stereocenters. The number of nitrogens with one attached hydrogen (secondary N) is 1. The summed E-state index contributed by atoms with van der Waals surface area (Å²) in [6, 6.07) is 2.79. The van der Waals surface area contributed by atoms with Crippen LogP contribution in [0.1, 0.15) is 6.42 Å². The summed E-state index contributed by atoms with van der Waals surface area (Å²) < 4.78 is 40.2. The van der Waals surface area contributed by atoms with Crippen molar-refractivity contribution < 1.29 is 18.3 Å². The molecule has 0 saturated carbocycles. The topological polar surface area (TPSA) is 98.4 Å². The number of likely N-dealkylation sites (tertiary alicyclic amines) is 1. The second-order valence-electron chi connectivity index (χ2n) is 7.20. The lowest BCUT2D eigenvalue weighted by Crippen LogP contribution is -2.24. The van der Waals surface area contributed by atoms with Crippen molar-refractivity contribution in [3.8, 4) is 22.8 Å². The van der Waals surface area contributed by atoms with E-state index in [1.165, 1.54) is 26.5 Å². The molecule has 158 valence electrons. The summed E-state index contributed by atoms with van der Waals surface area (Å²) >= 11 is 0. The highest BCUT2D eigenvalue weighted by molar-refractivity contribution is 5.92. The number of hydrogen-bond donors (Lipinski definition) is 2. The number of aromatic nitrogens is 3. The van der Waals surface area contributed by atoms with Gasteiger partial charge in [-0.1, -0.05) is 0 Å². The molecule has 0 radical (unpaired) electrons. The molecule has 1 atom stereocenters. The Kier molecular flexibility index (Phi) is 5.25. The fourth-order valence-electron chi connectivity index (χ4n) is 3.64. The number of nitrogens with two attached hydrogens (primary N) is 1. The van der Waals surface area contributed by atoms with Gasteiger partial charge in [-0.15, -0.1) is 0 Å². The number of likely N-dealkylation sites (N-methyl/N-ethyl adjacent to an activating group) is 1. The Morgan fingerprint density at radius 2 is 1.83 bits per heavy atom. The molecule has 8 nitrogen and oxygen atoms in total. The number of halogens is 2. The van der Waals surface area contributed by atoms with E-state index in [-0.39, 0.29) is 34.7 Å². The maximum atomic E-state index is 15.0. The van der Waals surface area contributed by atoms with E-state index in [4.69, 9.17) is 15.2 Å². The van der Waals surface area contributed by atoms with Gasteiger partial charge >= 0.3 is 0 Å². The molecule has 4 rings (SSSR count). The first-order chi connectivity index (χ1) is 14.4. The molecular formula is C20H22F2N6O2. The van der Waals surface area contributed by atoms with Crippen molar-refractivity contribution >= 4 is 22.7 Å². The van der Waals surface area contributed by atoms with Gasteiger partial charge in [0.2, 0.25) is 5.95 Å². The van der Waals surface area contributed by atoms with E-state index in [2.05, 4.69) is 25.2 Å². The van der Waals surface area contributed by atoms with Crippen LogP contribution in [0.2, 0.25) is 0 Å². The second kappa shape index (κ2) is 7.86. The maximum absolute atomic E-state index is 15.0. The summed E-state index contributed by atoms with van der Waals surface area (Å²) in [5, 5.41) is 3.89. The number of methoxy groups -OCH3 is 2. The molecule has 2 aromatic heterocycles. The fourth-order valence-corrected chi connectivity index (χ4v) is 3.64. The van der Waals surface area contributed by atoms with Crippen LogP contribution in [0.3, 0.4) is 0 Å². The van der Waals surface area contributed by atoms with E-state index >= 15 is 8.78 Å². The lowest BCUT2D eigenvalue weighted by Gasteiger charge is -2.17. The highest BCUT2D eigenvalue weighted by Gasteiger charge is 2.25. The lowest BCUT2D eigenvalue weighted by atomic mass is 10.1. The van der Waals surface area contributed by atoms with Gasteiger partial charge in [-0.2, -0.15) is 0 Å². The van der Waals surface area contributed by atoms with Gasteiger partial charge in [0.15, 0.2) is 29.0 Å². The van der Waals surface area contributed by atoms with Crippen molar-refractivity contribution in [1.29, 1.82) is 0 Å². The molecule has 1 fully saturated rings. The highest BCUT2D eigenvalue weighted by atomic mass is 19.1. The molecule has 3 N–H and O–H groups in total. The number of fused-ring (bicyclic) bond motifs is 1. The molecule has 1 saturated heterocycles. The molecule has 0 spiro atoms. The van der Waals surface area contributed by atoms with Gasteiger partial charge in [-0.05, 0) is 26.1 Å². The Bertz CT molecular complexity index is 1080. The van der Waals surface area contributed by atoms with Crippen molar-refractivity contribution in [2.24, 2.45) is 0 Å². The monoisotopic (exact) mass is 416 g/mol. The minimum atomic E-state index is -0.870. The zero-order valence-corrected chi connectivity index (χ0v) is 16.9. The summed E-state index contributed by atoms with van der Waals surface area (Å²) in [4.78, 5) is 15.0. The number of hydrogen-bond acceptors (Lipinski definition) is 8. The zero-order valence-electron chi connectivity index (χ0n) is 16.9. The van der Waals surface area contributed by atoms with E-state index in [1.807, 2.05) is 7.05 Å². The van der Waals surface area contributed by atoms with Gasteiger partial charge in [0.1, 0.15) is 5.52 Å². The third-order valence-electron chi connectivity index (χ3n) is 5.15. The highest BCUT2D eigenvalue weighted by Crippen LogP contribution is 2.38. The molecule has 3 heterocycles. The van der Waals surface area contributed by atoms with Gasteiger partial charge < -0.3 is 25.4 Å². The Labute approximate surface area is 172 Å². The first kappa shape index (κ1) is 20.0. The van der Waals surface area contributed by atoms with Crippen molar-refractivity contribution in [3.63, 3.8) is 0 Å². The van der Waals surface area contributed by atoms with Gasteiger partial charge in [0.05, 0.1) is 25.5 Å². The van der Waals surface area contributed by atoms with E-state index in [1.54, 1.807) is 0 Å². The van der Waals surface area contributed by atoms with Crippen LogP contribution in [0.15, 0.2) is 18.3 Å². The Hall–Kier alpha value is -3.27. The van der Waals surface area contributed by atoms with Crippen molar-refractivity contribution in [3.05, 3.63) is 30.0 Å². The van der Waals surface area contributed by atoms with Crippen LogP contribution >= 0.6 is 0 Å². The molecule has 1 aromatic carbocycles. The predicted molar refractivity (Wildman–Crippen MR) is 110 cm³/mol.